The van der Waals surface area contributed by atoms with Crippen LogP contribution in [-0.2, 0) is 6.54 Å². The molecule has 1 N–H and O–H groups in total. The van der Waals surface area contributed by atoms with Gasteiger partial charge < -0.3 is 14.8 Å². The van der Waals surface area contributed by atoms with Crippen molar-refractivity contribution in [3.63, 3.8) is 0 Å². The topological polar surface area (TPSA) is 30.5 Å². The molecule has 1 aliphatic carbocycles. The summed E-state index contributed by atoms with van der Waals surface area (Å²) in [6.45, 7) is 8.24. The van der Waals surface area contributed by atoms with Gasteiger partial charge in [-0.05, 0) is 44.1 Å². The summed E-state index contributed by atoms with van der Waals surface area (Å²) >= 11 is 0. The number of hydrogen-bond acceptors (Lipinski definition) is 3. The van der Waals surface area contributed by atoms with Gasteiger partial charge in [0.1, 0.15) is 0 Å². The first-order valence-electron chi connectivity index (χ1n) is 8.17. The fraction of sp³-hybridized carbons (Fsp3) is 0.667. The monoisotopic (exact) mass is 291 g/mol. The van der Waals surface area contributed by atoms with Gasteiger partial charge in [-0.25, -0.2) is 0 Å². The third kappa shape index (κ3) is 4.13. The van der Waals surface area contributed by atoms with E-state index in [1.54, 1.807) is 7.11 Å². The molecule has 1 aromatic rings. The quantitative estimate of drug-likeness (QED) is 0.859. The number of hydrogen-bond donors (Lipinski definition) is 1. The normalized spacial score (nSPS) is 25.6. The van der Waals surface area contributed by atoms with Crippen molar-refractivity contribution in [3.05, 3.63) is 23.8 Å². The highest BCUT2D eigenvalue weighted by Crippen LogP contribution is 2.32. The van der Waals surface area contributed by atoms with Gasteiger partial charge in [0.25, 0.3) is 0 Å². The van der Waals surface area contributed by atoms with Gasteiger partial charge in [0.2, 0.25) is 0 Å². The highest BCUT2D eigenvalue weighted by Gasteiger charge is 2.24. The standard InChI is InChI=1S/C18H29NO2/c1-5-21-17-8-6-7-15(18(17)20-4)12-19-16-10-9-13(2)14(3)11-16/h6-8,13-14,16,19H,5,9-12H2,1-4H3. The lowest BCUT2D eigenvalue weighted by Crippen LogP contribution is -2.35. The molecule has 0 bridgehead atoms. The number of para-hydroxylation sites is 1. The number of methoxy groups -OCH3 is 1. The van der Waals surface area contributed by atoms with E-state index in [9.17, 15) is 0 Å². The summed E-state index contributed by atoms with van der Waals surface area (Å²) in [6, 6.07) is 6.74. The Labute approximate surface area is 129 Å². The van der Waals surface area contributed by atoms with Crippen LogP contribution in [0.3, 0.4) is 0 Å². The smallest absolute Gasteiger partial charge is 0.165 e. The Bertz CT molecular complexity index is 447. The average Bonchev–Trinajstić information content (AvgIpc) is 2.49. The largest absolute Gasteiger partial charge is 0.493 e. The van der Waals surface area contributed by atoms with Crippen LogP contribution in [0.4, 0.5) is 0 Å². The maximum atomic E-state index is 5.64. The van der Waals surface area contributed by atoms with E-state index in [1.165, 1.54) is 24.8 Å². The molecule has 0 saturated heterocycles. The van der Waals surface area contributed by atoms with Gasteiger partial charge >= 0.3 is 0 Å². The third-order valence-corrected chi connectivity index (χ3v) is 4.74. The summed E-state index contributed by atoms with van der Waals surface area (Å²) in [4.78, 5) is 0. The minimum absolute atomic E-state index is 0.622. The Balaban J connectivity index is 1.98. The molecule has 3 heteroatoms. The molecule has 3 atom stereocenters. The lowest BCUT2D eigenvalue weighted by atomic mass is 9.79. The molecule has 0 radical (unpaired) electrons. The summed E-state index contributed by atoms with van der Waals surface area (Å²) in [5.41, 5.74) is 1.18. The van der Waals surface area contributed by atoms with E-state index in [2.05, 4.69) is 25.2 Å². The fourth-order valence-electron chi connectivity index (χ4n) is 3.19. The zero-order valence-corrected chi connectivity index (χ0v) is 13.8. The number of benzene rings is 1. The summed E-state index contributed by atoms with van der Waals surface area (Å²) < 4.78 is 11.2. The van der Waals surface area contributed by atoms with Crippen LogP contribution in [0.5, 0.6) is 11.5 Å². The Hall–Kier alpha value is -1.22. The van der Waals surface area contributed by atoms with E-state index in [1.807, 2.05) is 19.1 Å². The molecule has 1 aromatic carbocycles. The molecule has 3 nitrogen and oxygen atoms in total. The van der Waals surface area contributed by atoms with Crippen molar-refractivity contribution in [1.29, 1.82) is 0 Å². The second-order valence-corrected chi connectivity index (χ2v) is 6.23. The van der Waals surface area contributed by atoms with Crippen molar-refractivity contribution in [2.75, 3.05) is 13.7 Å². The highest BCUT2D eigenvalue weighted by molar-refractivity contribution is 5.46. The first-order valence-corrected chi connectivity index (χ1v) is 8.17. The van der Waals surface area contributed by atoms with Gasteiger partial charge in [-0.15, -0.1) is 0 Å². The zero-order valence-electron chi connectivity index (χ0n) is 13.8. The minimum Gasteiger partial charge on any atom is -0.493 e. The zero-order chi connectivity index (χ0) is 15.2. The van der Waals surface area contributed by atoms with Crippen molar-refractivity contribution in [2.45, 2.75) is 52.6 Å². The van der Waals surface area contributed by atoms with Gasteiger partial charge in [-0.1, -0.05) is 26.0 Å². The molecule has 0 heterocycles. The molecule has 21 heavy (non-hydrogen) atoms. The van der Waals surface area contributed by atoms with Crippen LogP contribution >= 0.6 is 0 Å². The lowest BCUT2D eigenvalue weighted by Gasteiger charge is -2.32. The molecule has 0 amide bonds. The maximum absolute atomic E-state index is 5.64. The number of rotatable bonds is 6. The van der Waals surface area contributed by atoms with Gasteiger partial charge in [0.15, 0.2) is 11.5 Å². The molecular formula is C18H29NO2. The van der Waals surface area contributed by atoms with Crippen LogP contribution < -0.4 is 14.8 Å². The maximum Gasteiger partial charge on any atom is 0.165 e. The SMILES string of the molecule is CCOc1cccc(CNC2CCC(C)C(C)C2)c1OC. The molecule has 0 aliphatic heterocycles. The molecular weight excluding hydrogens is 262 g/mol. The van der Waals surface area contributed by atoms with E-state index in [0.717, 1.165) is 29.9 Å². The molecule has 0 aromatic heterocycles. The fourth-order valence-corrected chi connectivity index (χ4v) is 3.19. The van der Waals surface area contributed by atoms with Crippen LogP contribution in [0.1, 0.15) is 45.6 Å². The van der Waals surface area contributed by atoms with Crippen molar-refractivity contribution in [1.82, 2.24) is 5.32 Å². The van der Waals surface area contributed by atoms with Crippen LogP contribution in [0.25, 0.3) is 0 Å². The van der Waals surface area contributed by atoms with Crippen molar-refractivity contribution >= 4 is 0 Å². The van der Waals surface area contributed by atoms with E-state index < -0.39 is 0 Å². The Morgan fingerprint density at radius 1 is 1.19 bits per heavy atom. The molecule has 1 aliphatic rings. The molecule has 118 valence electrons. The van der Waals surface area contributed by atoms with E-state index in [4.69, 9.17) is 9.47 Å². The van der Waals surface area contributed by atoms with E-state index in [-0.39, 0.29) is 0 Å². The predicted molar refractivity (Wildman–Crippen MR) is 87.0 cm³/mol. The summed E-state index contributed by atoms with van der Waals surface area (Å²) in [6.07, 6.45) is 3.88. The molecule has 0 spiro atoms. The summed E-state index contributed by atoms with van der Waals surface area (Å²) in [5.74, 6) is 3.38. The summed E-state index contributed by atoms with van der Waals surface area (Å²) in [7, 11) is 1.71. The predicted octanol–water partition coefficient (Wildman–Crippen LogP) is 4.01. The number of ether oxygens (including phenoxy) is 2. The van der Waals surface area contributed by atoms with E-state index in [0.29, 0.717) is 12.6 Å². The number of nitrogens with one attached hydrogen (secondary N) is 1. The molecule has 2 rings (SSSR count). The van der Waals surface area contributed by atoms with Crippen molar-refractivity contribution in [3.8, 4) is 11.5 Å². The van der Waals surface area contributed by atoms with E-state index >= 15 is 0 Å². The van der Waals surface area contributed by atoms with Gasteiger partial charge in [-0.2, -0.15) is 0 Å². The average molecular weight is 291 g/mol. The highest BCUT2D eigenvalue weighted by atomic mass is 16.5. The third-order valence-electron chi connectivity index (χ3n) is 4.74. The van der Waals surface area contributed by atoms with Crippen LogP contribution in [0.2, 0.25) is 0 Å². The first kappa shape index (κ1) is 16.2. The Morgan fingerprint density at radius 3 is 2.67 bits per heavy atom. The van der Waals surface area contributed by atoms with Gasteiger partial charge in [0.05, 0.1) is 13.7 Å². The Morgan fingerprint density at radius 2 is 2.00 bits per heavy atom. The lowest BCUT2D eigenvalue weighted by molar-refractivity contribution is 0.225. The first-order chi connectivity index (χ1) is 10.2. The van der Waals surface area contributed by atoms with Crippen LogP contribution in [0.15, 0.2) is 18.2 Å². The molecule has 1 fully saturated rings. The van der Waals surface area contributed by atoms with Crippen molar-refractivity contribution in [2.24, 2.45) is 11.8 Å². The Kier molecular flexibility index (Phi) is 5.92. The van der Waals surface area contributed by atoms with Crippen LogP contribution in [-0.4, -0.2) is 19.8 Å². The molecule has 3 unspecified atom stereocenters. The minimum atomic E-state index is 0.622. The summed E-state index contributed by atoms with van der Waals surface area (Å²) in [5, 5.41) is 3.70. The second kappa shape index (κ2) is 7.69. The van der Waals surface area contributed by atoms with Gasteiger partial charge in [-0.3, -0.25) is 0 Å². The van der Waals surface area contributed by atoms with Crippen molar-refractivity contribution < 1.29 is 9.47 Å². The molecule has 1 saturated carbocycles. The van der Waals surface area contributed by atoms with Crippen LogP contribution in [0, 0.1) is 11.8 Å². The van der Waals surface area contributed by atoms with Gasteiger partial charge in [0, 0.05) is 18.2 Å². The second-order valence-electron chi connectivity index (χ2n) is 6.23.